The molecule has 138 valence electrons. The van der Waals surface area contributed by atoms with E-state index in [-0.39, 0.29) is 18.0 Å². The summed E-state index contributed by atoms with van der Waals surface area (Å²) in [6.45, 7) is 4.16. The highest BCUT2D eigenvalue weighted by molar-refractivity contribution is 5.95. The van der Waals surface area contributed by atoms with Crippen molar-refractivity contribution in [2.24, 2.45) is 0 Å². The Bertz CT molecular complexity index is 554. The van der Waals surface area contributed by atoms with Crippen molar-refractivity contribution in [2.45, 2.75) is 45.1 Å². The fourth-order valence-corrected chi connectivity index (χ4v) is 2.74. The lowest BCUT2D eigenvalue weighted by atomic mass is 10.1. The molecule has 1 aromatic carbocycles. The van der Waals surface area contributed by atoms with E-state index in [9.17, 15) is 9.59 Å². The minimum atomic E-state index is -0.154. The van der Waals surface area contributed by atoms with Gasteiger partial charge >= 0.3 is 6.03 Å². The molecule has 1 heterocycles. The predicted octanol–water partition coefficient (Wildman–Crippen LogP) is 3.25. The van der Waals surface area contributed by atoms with Gasteiger partial charge in [0.25, 0.3) is 5.91 Å². The average molecular weight is 347 g/mol. The number of hydrogen-bond donors (Lipinski definition) is 2. The first-order valence-corrected chi connectivity index (χ1v) is 9.12. The minimum absolute atomic E-state index is 0.0932. The van der Waals surface area contributed by atoms with E-state index in [4.69, 9.17) is 4.74 Å². The third kappa shape index (κ3) is 6.38. The Morgan fingerprint density at radius 2 is 2.00 bits per heavy atom. The Morgan fingerprint density at radius 1 is 1.24 bits per heavy atom. The molecule has 25 heavy (non-hydrogen) atoms. The molecule has 2 rings (SSSR count). The largest absolute Gasteiger partial charge is 0.378 e. The second kappa shape index (κ2) is 10.0. The first-order valence-electron chi connectivity index (χ1n) is 9.12. The molecule has 1 atom stereocenters. The standard InChI is InChI=1S/C19H29N3O3/c1-3-12-20-18(23)15-7-9-16(10-8-15)21-19(24)22(2)13-11-17-6-4-5-14-25-17/h7-10,17H,3-6,11-14H2,1-2H3,(H,20,23)(H,21,24)/t17-/m1/s1. The molecule has 0 unspecified atom stereocenters. The fourth-order valence-electron chi connectivity index (χ4n) is 2.74. The first-order chi connectivity index (χ1) is 12.1. The van der Waals surface area contributed by atoms with Gasteiger partial charge in [0, 0.05) is 38.0 Å². The third-order valence-corrected chi connectivity index (χ3v) is 4.34. The third-order valence-electron chi connectivity index (χ3n) is 4.34. The monoisotopic (exact) mass is 347 g/mol. The van der Waals surface area contributed by atoms with Crippen LogP contribution in [0, 0.1) is 0 Å². The highest BCUT2D eigenvalue weighted by atomic mass is 16.5. The van der Waals surface area contributed by atoms with Crippen molar-refractivity contribution in [3.63, 3.8) is 0 Å². The van der Waals surface area contributed by atoms with E-state index in [1.54, 1.807) is 36.2 Å². The molecule has 0 radical (unpaired) electrons. The van der Waals surface area contributed by atoms with Crippen LogP contribution in [0.3, 0.4) is 0 Å². The van der Waals surface area contributed by atoms with E-state index in [2.05, 4.69) is 10.6 Å². The molecular weight excluding hydrogens is 318 g/mol. The lowest BCUT2D eigenvalue weighted by molar-refractivity contribution is 0.00848. The SMILES string of the molecule is CCCNC(=O)c1ccc(NC(=O)N(C)CC[C@H]2CCCCO2)cc1. The van der Waals surface area contributed by atoms with Gasteiger partial charge in [-0.25, -0.2) is 4.79 Å². The molecule has 6 heteroatoms. The van der Waals surface area contributed by atoms with E-state index in [1.165, 1.54) is 6.42 Å². The Morgan fingerprint density at radius 3 is 2.64 bits per heavy atom. The zero-order chi connectivity index (χ0) is 18.1. The Hall–Kier alpha value is -2.08. The summed E-state index contributed by atoms with van der Waals surface area (Å²) < 4.78 is 5.69. The van der Waals surface area contributed by atoms with Gasteiger partial charge in [0.1, 0.15) is 0 Å². The summed E-state index contributed by atoms with van der Waals surface area (Å²) >= 11 is 0. The Labute approximate surface area is 149 Å². The van der Waals surface area contributed by atoms with Crippen LogP contribution in [0.4, 0.5) is 10.5 Å². The number of benzene rings is 1. The van der Waals surface area contributed by atoms with Crippen molar-refractivity contribution >= 4 is 17.6 Å². The van der Waals surface area contributed by atoms with E-state index in [1.807, 2.05) is 6.92 Å². The number of rotatable bonds is 7. The molecule has 6 nitrogen and oxygen atoms in total. The van der Waals surface area contributed by atoms with Crippen molar-refractivity contribution in [1.82, 2.24) is 10.2 Å². The van der Waals surface area contributed by atoms with Crippen molar-refractivity contribution in [3.8, 4) is 0 Å². The maximum Gasteiger partial charge on any atom is 0.321 e. The van der Waals surface area contributed by atoms with Gasteiger partial charge in [0.2, 0.25) is 0 Å². The number of carbonyl (C=O) groups excluding carboxylic acids is 2. The molecule has 0 saturated carbocycles. The molecule has 0 aliphatic carbocycles. The zero-order valence-electron chi connectivity index (χ0n) is 15.2. The highest BCUT2D eigenvalue weighted by Gasteiger charge is 2.16. The number of ether oxygens (including phenoxy) is 1. The van der Waals surface area contributed by atoms with E-state index >= 15 is 0 Å². The average Bonchev–Trinajstić information content (AvgIpc) is 2.65. The number of carbonyl (C=O) groups is 2. The summed E-state index contributed by atoms with van der Waals surface area (Å²) in [5.74, 6) is -0.0932. The van der Waals surface area contributed by atoms with Gasteiger partial charge in [-0.05, 0) is 56.4 Å². The molecule has 0 bridgehead atoms. The van der Waals surface area contributed by atoms with Gasteiger partial charge in [-0.1, -0.05) is 6.92 Å². The number of urea groups is 1. The van der Waals surface area contributed by atoms with Crippen LogP contribution in [0.1, 0.15) is 49.4 Å². The number of amides is 3. The summed E-state index contributed by atoms with van der Waals surface area (Å²) in [4.78, 5) is 25.8. The van der Waals surface area contributed by atoms with Crippen molar-refractivity contribution < 1.29 is 14.3 Å². The molecule has 1 aliphatic rings. The van der Waals surface area contributed by atoms with Gasteiger partial charge in [-0.3, -0.25) is 4.79 Å². The topological polar surface area (TPSA) is 70.7 Å². The van der Waals surface area contributed by atoms with E-state index in [0.29, 0.717) is 24.3 Å². The van der Waals surface area contributed by atoms with Crippen LogP contribution in [-0.2, 0) is 4.74 Å². The first kappa shape index (κ1) is 19.2. The maximum absolute atomic E-state index is 12.2. The Kier molecular flexibility index (Phi) is 7.73. The summed E-state index contributed by atoms with van der Waals surface area (Å²) in [6, 6.07) is 6.78. The van der Waals surface area contributed by atoms with Gasteiger partial charge in [-0.2, -0.15) is 0 Å². The smallest absolute Gasteiger partial charge is 0.321 e. The van der Waals surface area contributed by atoms with E-state index in [0.717, 1.165) is 32.3 Å². The summed E-state index contributed by atoms with van der Waals surface area (Å²) in [6.07, 6.45) is 5.46. The molecule has 1 saturated heterocycles. The van der Waals surface area contributed by atoms with Gasteiger partial charge < -0.3 is 20.3 Å². The molecule has 1 aliphatic heterocycles. The number of anilines is 1. The summed E-state index contributed by atoms with van der Waals surface area (Å²) in [7, 11) is 1.78. The van der Waals surface area contributed by atoms with Gasteiger partial charge in [0.15, 0.2) is 0 Å². The van der Waals surface area contributed by atoms with Crippen LogP contribution >= 0.6 is 0 Å². The molecule has 2 N–H and O–H groups in total. The molecular formula is C19H29N3O3. The quantitative estimate of drug-likeness (QED) is 0.795. The second-order valence-corrected chi connectivity index (χ2v) is 6.46. The lowest BCUT2D eigenvalue weighted by Crippen LogP contribution is -2.34. The van der Waals surface area contributed by atoms with Crippen LogP contribution in [0.2, 0.25) is 0 Å². The molecule has 3 amide bonds. The summed E-state index contributed by atoms with van der Waals surface area (Å²) in [5.41, 5.74) is 1.27. The van der Waals surface area contributed by atoms with Crippen molar-refractivity contribution in [2.75, 3.05) is 32.1 Å². The fraction of sp³-hybridized carbons (Fsp3) is 0.579. The highest BCUT2D eigenvalue weighted by Crippen LogP contribution is 2.16. The van der Waals surface area contributed by atoms with Gasteiger partial charge in [0.05, 0.1) is 6.10 Å². The van der Waals surface area contributed by atoms with E-state index < -0.39 is 0 Å². The van der Waals surface area contributed by atoms with Crippen LogP contribution < -0.4 is 10.6 Å². The Balaban J connectivity index is 1.77. The number of nitrogens with zero attached hydrogens (tertiary/aromatic N) is 1. The van der Waals surface area contributed by atoms with Gasteiger partial charge in [-0.15, -0.1) is 0 Å². The van der Waals surface area contributed by atoms with Crippen LogP contribution in [0.25, 0.3) is 0 Å². The maximum atomic E-state index is 12.2. The minimum Gasteiger partial charge on any atom is -0.378 e. The van der Waals surface area contributed by atoms with Crippen LogP contribution in [0.5, 0.6) is 0 Å². The zero-order valence-corrected chi connectivity index (χ0v) is 15.2. The number of hydrogen-bond acceptors (Lipinski definition) is 3. The lowest BCUT2D eigenvalue weighted by Gasteiger charge is -2.25. The normalized spacial score (nSPS) is 17.0. The molecule has 1 aromatic rings. The van der Waals surface area contributed by atoms with Crippen molar-refractivity contribution in [3.05, 3.63) is 29.8 Å². The van der Waals surface area contributed by atoms with Crippen molar-refractivity contribution in [1.29, 1.82) is 0 Å². The predicted molar refractivity (Wildman–Crippen MR) is 98.9 cm³/mol. The molecule has 0 spiro atoms. The van der Waals surface area contributed by atoms with Crippen LogP contribution in [-0.4, -0.2) is 49.7 Å². The molecule has 0 aromatic heterocycles. The molecule has 1 fully saturated rings. The number of nitrogens with one attached hydrogen (secondary N) is 2. The van der Waals surface area contributed by atoms with Crippen LogP contribution in [0.15, 0.2) is 24.3 Å². The second-order valence-electron chi connectivity index (χ2n) is 6.46. The summed E-state index contributed by atoms with van der Waals surface area (Å²) in [5, 5.41) is 5.68.